The van der Waals surface area contributed by atoms with Gasteiger partial charge in [-0.25, -0.2) is 19.2 Å². The summed E-state index contributed by atoms with van der Waals surface area (Å²) in [5, 5.41) is 114. The number of hydrogen-bond acceptors (Lipinski definition) is 20. The van der Waals surface area contributed by atoms with E-state index in [1.165, 1.54) is 72.8 Å². The molecule has 0 bridgehead atoms. The van der Waals surface area contributed by atoms with E-state index in [1.54, 1.807) is 0 Å². The normalized spacial score (nSPS) is 12.5. The summed E-state index contributed by atoms with van der Waals surface area (Å²) < 4.78 is 0. The number of rotatable bonds is 4. The number of carboxylic acid groups (broad SMARTS) is 4. The van der Waals surface area contributed by atoms with E-state index in [9.17, 15) is 98.4 Å². The van der Waals surface area contributed by atoms with Crippen molar-refractivity contribution < 1.29 is 119 Å². The van der Waals surface area contributed by atoms with Crippen LogP contribution in [0.2, 0.25) is 0 Å². The lowest BCUT2D eigenvalue weighted by Gasteiger charge is -2.19. The van der Waals surface area contributed by atoms with Crippen LogP contribution in [0.5, 0.6) is 46.0 Å². The maximum absolute atomic E-state index is 12.4. The van der Waals surface area contributed by atoms with Gasteiger partial charge in [-0.1, -0.05) is 48.5 Å². The van der Waals surface area contributed by atoms with E-state index in [4.69, 9.17) is 20.4 Å². The highest BCUT2D eigenvalue weighted by Gasteiger charge is 2.39. The molecular formula is C60H36O24S2. The van der Waals surface area contributed by atoms with E-state index in [0.717, 1.165) is 48.5 Å². The third-order valence-corrected chi connectivity index (χ3v) is 13.4. The molecule has 0 aliphatic heterocycles. The first-order valence-electron chi connectivity index (χ1n) is 23.7. The van der Waals surface area contributed by atoms with Gasteiger partial charge in [0.1, 0.15) is 46.0 Å². The van der Waals surface area contributed by atoms with Crippen molar-refractivity contribution in [3.63, 3.8) is 0 Å². The van der Waals surface area contributed by atoms with Crippen molar-refractivity contribution in [1.29, 1.82) is 0 Å². The van der Waals surface area contributed by atoms with Gasteiger partial charge in [-0.2, -0.15) is 27.0 Å². The quantitative estimate of drug-likeness (QED) is 0.0893. The highest BCUT2D eigenvalue weighted by Crippen LogP contribution is 2.41. The van der Waals surface area contributed by atoms with E-state index in [1.807, 2.05) is 0 Å². The number of carbonyl (C=O) groups excluding carboxylic acids is 8. The lowest BCUT2D eigenvalue weighted by Crippen LogP contribution is -2.22. The Hall–Kier alpha value is -11.9. The fourth-order valence-corrected chi connectivity index (χ4v) is 9.62. The number of ketones is 8. The summed E-state index contributed by atoms with van der Waals surface area (Å²) in [5.41, 5.74) is -3.91. The molecule has 0 radical (unpaired) electrons. The fraction of sp³-hybridized carbons (Fsp3) is 0. The Labute approximate surface area is 492 Å². The maximum atomic E-state index is 12.4. The van der Waals surface area contributed by atoms with Crippen molar-refractivity contribution in [2.75, 3.05) is 0 Å². The summed E-state index contributed by atoms with van der Waals surface area (Å²) in [6.45, 7) is 0. The lowest BCUT2D eigenvalue weighted by molar-refractivity contribution is 0.0685. The SMILES string of the molecule is O=C(O)c1cc(O)c2c(c1)C(=O)c1cccc(O)c1C2=O.O=C(O)c1cc(O)c2c(c1)C(=O)c1cccc(O)c1C2=O.O=C(O)c1cc(O)c2c(c1)C(=O)c1cccc(O)c1C2=O.O=C(O)c1cc(O)c2c(c1)C(=O)c1cccc(O)c1C2=O.S.S. The average Bonchev–Trinajstić information content (AvgIpc) is 0.868. The second-order valence-corrected chi connectivity index (χ2v) is 18.3. The molecule has 0 atom stereocenters. The van der Waals surface area contributed by atoms with Crippen LogP contribution in [0.25, 0.3) is 0 Å². The van der Waals surface area contributed by atoms with E-state index in [-0.39, 0.29) is 161 Å². The van der Waals surface area contributed by atoms with Gasteiger partial charge in [0.15, 0.2) is 23.1 Å². The summed E-state index contributed by atoms with van der Waals surface area (Å²) >= 11 is 0. The molecule has 0 heterocycles. The Balaban J connectivity index is 0.000000163. The Bertz CT molecular complexity index is 3910. The zero-order valence-electron chi connectivity index (χ0n) is 42.8. The summed E-state index contributed by atoms with van der Waals surface area (Å²) in [5.74, 6) is -14.5. The van der Waals surface area contributed by atoms with E-state index in [0.29, 0.717) is 0 Å². The Kier molecular flexibility index (Phi) is 16.6. The molecule has 0 fully saturated rings. The van der Waals surface area contributed by atoms with Gasteiger partial charge in [-0.15, -0.1) is 0 Å². The number of fused-ring (bicyclic) bond motifs is 8. The summed E-state index contributed by atoms with van der Waals surface area (Å²) in [6.07, 6.45) is 0. The number of phenolic OH excluding ortho intramolecular Hbond substituents is 8. The summed E-state index contributed by atoms with van der Waals surface area (Å²) in [7, 11) is 0. The van der Waals surface area contributed by atoms with Crippen LogP contribution in [0.1, 0.15) is 169 Å². The highest BCUT2D eigenvalue weighted by atomic mass is 32.1. The molecule has 0 saturated heterocycles. The third kappa shape index (κ3) is 10.3. The predicted octanol–water partition coefficient (Wildman–Crippen LogP) is 6.51. The van der Waals surface area contributed by atoms with Crippen molar-refractivity contribution in [2.24, 2.45) is 0 Å². The minimum absolute atomic E-state index is 0. The molecule has 12 N–H and O–H groups in total. The van der Waals surface area contributed by atoms with E-state index < -0.39 is 93.1 Å². The first-order chi connectivity index (χ1) is 39.7. The number of aromatic carboxylic acids is 4. The number of carboxylic acids is 4. The number of benzene rings is 8. The molecule has 0 saturated carbocycles. The van der Waals surface area contributed by atoms with Gasteiger partial charge < -0.3 is 61.3 Å². The van der Waals surface area contributed by atoms with Gasteiger partial charge in [-0.05, 0) is 72.8 Å². The molecule has 4 aliphatic rings. The average molecular weight is 1210 g/mol. The minimum atomic E-state index is -1.32. The standard InChI is InChI=1S/4C15H8O6.2H2S/c4*16-9-3-1-2-7-11(9)14(19)12-8(13(7)18)4-6(15(20)21)5-10(12)17;;/h4*1-5,16-17H,(H,20,21);2*1H2. The van der Waals surface area contributed by atoms with Crippen LogP contribution < -0.4 is 0 Å². The molecule has 4 aliphatic carbocycles. The van der Waals surface area contributed by atoms with Crippen LogP contribution in [0.4, 0.5) is 0 Å². The number of aromatic hydroxyl groups is 8. The van der Waals surface area contributed by atoms with Gasteiger partial charge in [-0.3, -0.25) is 38.4 Å². The van der Waals surface area contributed by atoms with Crippen LogP contribution in [-0.4, -0.2) is 131 Å². The zero-order chi connectivity index (χ0) is 61.2. The van der Waals surface area contributed by atoms with E-state index in [2.05, 4.69) is 0 Å². The molecule has 0 unspecified atom stereocenters. The summed E-state index contributed by atoms with van der Waals surface area (Å²) in [6, 6.07) is 23.9. The van der Waals surface area contributed by atoms with Crippen molar-refractivity contribution in [1.82, 2.24) is 0 Å². The van der Waals surface area contributed by atoms with Crippen molar-refractivity contribution in [3.8, 4) is 46.0 Å². The molecular weight excluding hydrogens is 1170 g/mol. The molecule has 26 heteroatoms. The Morgan fingerprint density at radius 2 is 0.384 bits per heavy atom. The zero-order valence-corrected chi connectivity index (χ0v) is 44.8. The first kappa shape index (κ1) is 61.7. The number of phenols is 8. The molecule has 8 aromatic rings. The minimum Gasteiger partial charge on any atom is -0.507 e. The molecule has 432 valence electrons. The smallest absolute Gasteiger partial charge is 0.335 e. The van der Waals surface area contributed by atoms with Gasteiger partial charge in [0.25, 0.3) is 0 Å². The molecule has 0 spiro atoms. The molecule has 24 nitrogen and oxygen atoms in total. The fourth-order valence-electron chi connectivity index (χ4n) is 9.62. The van der Waals surface area contributed by atoms with Gasteiger partial charge in [0.05, 0.1) is 66.8 Å². The van der Waals surface area contributed by atoms with Crippen molar-refractivity contribution in [2.45, 2.75) is 0 Å². The second kappa shape index (κ2) is 23.2. The van der Waals surface area contributed by atoms with Crippen LogP contribution in [0.3, 0.4) is 0 Å². The van der Waals surface area contributed by atoms with Crippen LogP contribution >= 0.6 is 27.0 Å². The third-order valence-electron chi connectivity index (χ3n) is 13.4. The maximum Gasteiger partial charge on any atom is 0.335 e. The predicted molar refractivity (Wildman–Crippen MR) is 301 cm³/mol. The van der Waals surface area contributed by atoms with Gasteiger partial charge in [0, 0.05) is 44.5 Å². The molecule has 0 amide bonds. The van der Waals surface area contributed by atoms with Crippen LogP contribution in [0.15, 0.2) is 121 Å². The highest BCUT2D eigenvalue weighted by molar-refractivity contribution is 7.59. The van der Waals surface area contributed by atoms with Crippen molar-refractivity contribution >= 4 is 97.1 Å². The van der Waals surface area contributed by atoms with Crippen LogP contribution in [0, 0.1) is 0 Å². The molecule has 12 rings (SSSR count). The second-order valence-electron chi connectivity index (χ2n) is 18.3. The first-order valence-corrected chi connectivity index (χ1v) is 23.7. The van der Waals surface area contributed by atoms with E-state index >= 15 is 0 Å². The van der Waals surface area contributed by atoms with Crippen LogP contribution in [-0.2, 0) is 0 Å². The Morgan fingerprint density at radius 1 is 0.221 bits per heavy atom. The summed E-state index contributed by atoms with van der Waals surface area (Å²) in [4.78, 5) is 143. The molecule has 8 aromatic carbocycles. The number of hydrogen-bond donors (Lipinski definition) is 12. The topological polar surface area (TPSA) is 448 Å². The Morgan fingerprint density at radius 3 is 0.547 bits per heavy atom. The largest absolute Gasteiger partial charge is 0.507 e. The molecule has 86 heavy (non-hydrogen) atoms. The van der Waals surface area contributed by atoms with Crippen molar-refractivity contribution in [3.05, 3.63) is 233 Å². The lowest BCUT2D eigenvalue weighted by atomic mass is 9.82. The number of carbonyl (C=O) groups is 12. The van der Waals surface area contributed by atoms with Gasteiger partial charge in [0.2, 0.25) is 23.1 Å². The molecule has 0 aromatic heterocycles. The van der Waals surface area contributed by atoms with Gasteiger partial charge >= 0.3 is 23.9 Å². The monoisotopic (exact) mass is 1200 g/mol.